The van der Waals surface area contributed by atoms with Crippen LogP contribution in [0.5, 0.6) is 0 Å². The number of fused-ring (bicyclic) bond motifs is 3. The van der Waals surface area contributed by atoms with Crippen LogP contribution in [-0.2, 0) is 17.6 Å². The molecule has 3 aromatic rings. The second-order valence-corrected chi connectivity index (χ2v) is 10.9. The number of anilines is 1. The average Bonchev–Trinajstić information content (AvgIpc) is 3.49. The summed E-state index contributed by atoms with van der Waals surface area (Å²) in [7, 11) is 0. The molecule has 8 heteroatoms. The SMILES string of the molecule is CC(C)CNC(=O)CN1CCN(c2nc(-c3cccs3)nc3sc4c(c23)CCC4)CC1. The molecule has 0 atom stereocenters. The number of aromatic nitrogens is 2. The highest BCUT2D eigenvalue weighted by atomic mass is 32.1. The zero-order valence-corrected chi connectivity index (χ0v) is 19.8. The molecule has 0 bridgehead atoms. The number of aryl methyl sites for hydroxylation is 2. The van der Waals surface area contributed by atoms with Gasteiger partial charge in [0.2, 0.25) is 5.91 Å². The first-order valence-electron chi connectivity index (χ1n) is 11.2. The molecule has 5 rings (SSSR count). The topological polar surface area (TPSA) is 61.4 Å². The molecule has 0 unspecified atom stereocenters. The summed E-state index contributed by atoms with van der Waals surface area (Å²) < 4.78 is 0. The van der Waals surface area contributed by atoms with Crippen molar-refractivity contribution in [3.8, 4) is 10.7 Å². The van der Waals surface area contributed by atoms with Crippen LogP contribution in [0.1, 0.15) is 30.7 Å². The molecule has 4 heterocycles. The van der Waals surface area contributed by atoms with E-state index in [2.05, 4.69) is 46.5 Å². The maximum Gasteiger partial charge on any atom is 0.234 e. The van der Waals surface area contributed by atoms with Gasteiger partial charge in [-0.2, -0.15) is 0 Å². The van der Waals surface area contributed by atoms with E-state index in [1.165, 1.54) is 28.7 Å². The Morgan fingerprint density at radius 1 is 1.19 bits per heavy atom. The molecule has 1 amide bonds. The molecule has 1 saturated heterocycles. The number of amides is 1. The fourth-order valence-corrected chi connectivity index (χ4v) is 6.33. The molecule has 6 nitrogen and oxygen atoms in total. The quantitative estimate of drug-likeness (QED) is 0.613. The van der Waals surface area contributed by atoms with Crippen molar-refractivity contribution in [2.24, 2.45) is 5.92 Å². The van der Waals surface area contributed by atoms with Crippen LogP contribution < -0.4 is 10.2 Å². The Balaban J connectivity index is 1.37. The lowest BCUT2D eigenvalue weighted by Crippen LogP contribution is -2.50. The van der Waals surface area contributed by atoms with Crippen LogP contribution in [0.3, 0.4) is 0 Å². The smallest absolute Gasteiger partial charge is 0.234 e. The fourth-order valence-electron chi connectivity index (χ4n) is 4.42. The number of nitrogens with zero attached hydrogens (tertiary/aromatic N) is 4. The highest BCUT2D eigenvalue weighted by Crippen LogP contribution is 2.42. The largest absolute Gasteiger partial charge is 0.355 e. The van der Waals surface area contributed by atoms with Crippen molar-refractivity contribution in [3.63, 3.8) is 0 Å². The van der Waals surface area contributed by atoms with E-state index in [0.717, 1.165) is 60.5 Å². The third kappa shape index (κ3) is 4.33. The zero-order valence-electron chi connectivity index (χ0n) is 18.2. The molecular formula is C23H29N5OS2. The molecule has 1 fully saturated rings. The van der Waals surface area contributed by atoms with Gasteiger partial charge >= 0.3 is 0 Å². The molecule has 0 aromatic carbocycles. The van der Waals surface area contributed by atoms with Gasteiger partial charge in [0.15, 0.2) is 5.82 Å². The Labute approximate surface area is 191 Å². The number of nitrogens with one attached hydrogen (secondary N) is 1. The molecule has 0 saturated carbocycles. The average molecular weight is 456 g/mol. The highest BCUT2D eigenvalue weighted by Gasteiger charge is 2.27. The number of hydrogen-bond acceptors (Lipinski definition) is 7. The van der Waals surface area contributed by atoms with Crippen LogP contribution in [0.4, 0.5) is 5.82 Å². The van der Waals surface area contributed by atoms with Crippen molar-refractivity contribution in [1.82, 2.24) is 20.2 Å². The maximum atomic E-state index is 12.2. The first-order chi connectivity index (χ1) is 15.1. The summed E-state index contributed by atoms with van der Waals surface area (Å²) in [4.78, 5) is 30.7. The molecule has 1 N–H and O–H groups in total. The molecule has 0 spiro atoms. The highest BCUT2D eigenvalue weighted by molar-refractivity contribution is 7.19. The molecule has 3 aromatic heterocycles. The van der Waals surface area contributed by atoms with Gasteiger partial charge in [0.1, 0.15) is 10.6 Å². The van der Waals surface area contributed by atoms with Crippen molar-refractivity contribution in [1.29, 1.82) is 0 Å². The Morgan fingerprint density at radius 3 is 2.77 bits per heavy atom. The Hall–Kier alpha value is -2.03. The molecule has 1 aliphatic carbocycles. The van der Waals surface area contributed by atoms with E-state index in [0.29, 0.717) is 12.5 Å². The number of rotatable bonds is 6. The van der Waals surface area contributed by atoms with Crippen LogP contribution in [0.25, 0.3) is 20.9 Å². The van der Waals surface area contributed by atoms with Gasteiger partial charge in [-0.25, -0.2) is 9.97 Å². The van der Waals surface area contributed by atoms with Crippen molar-refractivity contribution >= 4 is 44.6 Å². The molecule has 31 heavy (non-hydrogen) atoms. The number of thiophene rings is 2. The fraction of sp³-hybridized carbons (Fsp3) is 0.522. The summed E-state index contributed by atoms with van der Waals surface area (Å²) in [5.41, 5.74) is 1.48. The third-order valence-electron chi connectivity index (χ3n) is 6.03. The van der Waals surface area contributed by atoms with Gasteiger partial charge in [0.25, 0.3) is 0 Å². The zero-order chi connectivity index (χ0) is 21.4. The minimum absolute atomic E-state index is 0.127. The van der Waals surface area contributed by atoms with Crippen LogP contribution >= 0.6 is 22.7 Å². The Kier molecular flexibility index (Phi) is 5.95. The second kappa shape index (κ2) is 8.84. The van der Waals surface area contributed by atoms with E-state index in [1.54, 1.807) is 11.3 Å². The first kappa shape index (κ1) is 20.8. The van der Waals surface area contributed by atoms with Gasteiger partial charge in [-0.15, -0.1) is 22.7 Å². The summed E-state index contributed by atoms with van der Waals surface area (Å²) >= 11 is 3.55. The normalized spacial score (nSPS) is 16.9. The standard InChI is InChI=1S/C23H29N5OS2/c1-15(2)13-24-19(29)14-27-8-10-28(11-9-27)22-20-16-5-3-6-17(16)31-23(20)26-21(25-22)18-7-4-12-30-18/h4,7,12,15H,3,5-6,8-11,13-14H2,1-2H3,(H,24,29). The third-order valence-corrected chi connectivity index (χ3v) is 8.09. The first-order valence-corrected chi connectivity index (χ1v) is 12.9. The molecule has 164 valence electrons. The van der Waals surface area contributed by atoms with Crippen molar-refractivity contribution in [2.75, 3.05) is 44.2 Å². The number of hydrogen-bond donors (Lipinski definition) is 1. The Morgan fingerprint density at radius 2 is 2.03 bits per heavy atom. The van der Waals surface area contributed by atoms with Crippen molar-refractivity contribution in [2.45, 2.75) is 33.1 Å². The lowest BCUT2D eigenvalue weighted by atomic mass is 10.1. The van der Waals surface area contributed by atoms with Crippen LogP contribution in [0, 0.1) is 5.92 Å². The van der Waals surface area contributed by atoms with Gasteiger partial charge < -0.3 is 10.2 Å². The molecular weight excluding hydrogens is 426 g/mol. The predicted molar refractivity (Wildman–Crippen MR) is 129 cm³/mol. The summed E-state index contributed by atoms with van der Waals surface area (Å²) in [6, 6.07) is 4.16. The Bertz CT molecular complexity index is 1070. The van der Waals surface area contributed by atoms with E-state index < -0.39 is 0 Å². The van der Waals surface area contributed by atoms with Gasteiger partial charge in [-0.05, 0) is 42.2 Å². The number of carbonyl (C=O) groups excluding carboxylic acids is 1. The predicted octanol–water partition coefficient (Wildman–Crippen LogP) is 3.80. The lowest BCUT2D eigenvalue weighted by molar-refractivity contribution is -0.122. The number of piperazine rings is 1. The molecule has 0 radical (unpaired) electrons. The summed E-state index contributed by atoms with van der Waals surface area (Å²) in [6.45, 7) is 8.99. The minimum Gasteiger partial charge on any atom is -0.355 e. The lowest BCUT2D eigenvalue weighted by Gasteiger charge is -2.35. The second-order valence-electron chi connectivity index (χ2n) is 8.85. The van der Waals surface area contributed by atoms with E-state index in [1.807, 2.05) is 11.3 Å². The minimum atomic E-state index is 0.127. The monoisotopic (exact) mass is 455 g/mol. The van der Waals surface area contributed by atoms with Crippen molar-refractivity contribution in [3.05, 3.63) is 28.0 Å². The van der Waals surface area contributed by atoms with Crippen LogP contribution in [0.15, 0.2) is 17.5 Å². The van der Waals surface area contributed by atoms with Gasteiger partial charge in [-0.1, -0.05) is 19.9 Å². The van der Waals surface area contributed by atoms with Gasteiger partial charge in [-0.3, -0.25) is 9.69 Å². The van der Waals surface area contributed by atoms with E-state index in [9.17, 15) is 4.79 Å². The molecule has 2 aliphatic rings. The van der Waals surface area contributed by atoms with Crippen molar-refractivity contribution < 1.29 is 4.79 Å². The van der Waals surface area contributed by atoms with E-state index >= 15 is 0 Å². The van der Waals surface area contributed by atoms with Gasteiger partial charge in [0.05, 0.1) is 16.8 Å². The summed E-state index contributed by atoms with van der Waals surface area (Å²) in [5.74, 6) is 2.54. The van der Waals surface area contributed by atoms with E-state index in [-0.39, 0.29) is 5.91 Å². The molecule has 1 aliphatic heterocycles. The summed E-state index contributed by atoms with van der Waals surface area (Å²) in [5, 5.41) is 6.39. The summed E-state index contributed by atoms with van der Waals surface area (Å²) in [6.07, 6.45) is 3.55. The van der Waals surface area contributed by atoms with Crippen LogP contribution in [0.2, 0.25) is 0 Å². The number of carbonyl (C=O) groups is 1. The van der Waals surface area contributed by atoms with E-state index in [4.69, 9.17) is 9.97 Å². The van der Waals surface area contributed by atoms with Crippen LogP contribution in [-0.4, -0.2) is 60.0 Å². The van der Waals surface area contributed by atoms with Gasteiger partial charge in [0, 0.05) is 37.6 Å². The maximum absolute atomic E-state index is 12.2.